The molecule has 88 valence electrons. The lowest BCUT2D eigenvalue weighted by Crippen LogP contribution is -2.29. The molecule has 0 aliphatic heterocycles. The minimum Gasteiger partial charge on any atom is -0.423 e. The lowest BCUT2D eigenvalue weighted by Gasteiger charge is -2.19. The number of hydrogen-bond acceptors (Lipinski definition) is 2. The molecule has 2 aromatic rings. The van der Waals surface area contributed by atoms with E-state index in [0.29, 0.717) is 5.46 Å². The van der Waals surface area contributed by atoms with Crippen LogP contribution in [0.5, 0.6) is 0 Å². The average molecular weight is 228 g/mol. The Morgan fingerprint density at radius 1 is 0.882 bits per heavy atom. The predicted molar refractivity (Wildman–Crippen MR) is 72.5 cm³/mol. The van der Waals surface area contributed by atoms with E-state index >= 15 is 0 Å². The maximum Gasteiger partial charge on any atom is 0.488 e. The van der Waals surface area contributed by atoms with E-state index in [-0.39, 0.29) is 5.41 Å². The molecule has 3 heteroatoms. The molecule has 0 spiro atoms. The molecular weight excluding hydrogens is 211 g/mol. The number of rotatable bonds is 1. The molecule has 2 aromatic carbocycles. The minimum absolute atomic E-state index is 0.0992. The Balaban J connectivity index is 2.59. The van der Waals surface area contributed by atoms with Crippen LogP contribution in [0.15, 0.2) is 36.4 Å². The molecule has 0 aromatic heterocycles. The molecule has 0 aliphatic rings. The number of benzene rings is 2. The van der Waals surface area contributed by atoms with Gasteiger partial charge in [0.15, 0.2) is 0 Å². The van der Waals surface area contributed by atoms with Gasteiger partial charge in [-0.05, 0) is 27.2 Å². The lowest BCUT2D eigenvalue weighted by atomic mass is 9.78. The van der Waals surface area contributed by atoms with Crippen molar-refractivity contribution in [1.29, 1.82) is 0 Å². The van der Waals surface area contributed by atoms with Crippen LogP contribution in [0.4, 0.5) is 0 Å². The summed E-state index contributed by atoms with van der Waals surface area (Å²) in [5.41, 5.74) is 1.88. The highest BCUT2D eigenvalue weighted by molar-refractivity contribution is 6.58. The second kappa shape index (κ2) is 4.17. The molecule has 0 saturated carbocycles. The second-order valence-electron chi connectivity index (χ2n) is 5.45. The highest BCUT2D eigenvalue weighted by Crippen LogP contribution is 2.25. The fourth-order valence-corrected chi connectivity index (χ4v) is 1.89. The van der Waals surface area contributed by atoms with Gasteiger partial charge in [-0.15, -0.1) is 0 Å². The van der Waals surface area contributed by atoms with Crippen molar-refractivity contribution in [2.24, 2.45) is 0 Å². The summed E-state index contributed by atoms with van der Waals surface area (Å²) in [5.74, 6) is 0. The van der Waals surface area contributed by atoms with E-state index < -0.39 is 7.12 Å². The van der Waals surface area contributed by atoms with Crippen LogP contribution in [-0.4, -0.2) is 17.2 Å². The summed E-state index contributed by atoms with van der Waals surface area (Å²) >= 11 is 0. The highest BCUT2D eigenvalue weighted by atomic mass is 16.4. The van der Waals surface area contributed by atoms with Gasteiger partial charge in [0.05, 0.1) is 0 Å². The topological polar surface area (TPSA) is 40.5 Å². The van der Waals surface area contributed by atoms with Gasteiger partial charge in [0, 0.05) is 0 Å². The van der Waals surface area contributed by atoms with Crippen LogP contribution in [-0.2, 0) is 5.41 Å². The first-order chi connectivity index (χ1) is 7.88. The Bertz CT molecular complexity index is 541. The van der Waals surface area contributed by atoms with Gasteiger partial charge in [0.2, 0.25) is 0 Å². The van der Waals surface area contributed by atoms with Crippen molar-refractivity contribution >= 4 is 23.4 Å². The first-order valence-electron chi connectivity index (χ1n) is 5.78. The molecule has 0 amide bonds. The smallest absolute Gasteiger partial charge is 0.423 e. The number of hydrogen-bond donors (Lipinski definition) is 2. The Hall–Kier alpha value is -1.32. The maximum absolute atomic E-state index is 9.17. The van der Waals surface area contributed by atoms with Gasteiger partial charge in [0.25, 0.3) is 0 Å². The molecule has 0 saturated heterocycles. The highest BCUT2D eigenvalue weighted by Gasteiger charge is 2.15. The quantitative estimate of drug-likeness (QED) is 0.731. The second-order valence-corrected chi connectivity index (χ2v) is 5.45. The molecule has 0 bridgehead atoms. The maximum atomic E-state index is 9.17. The van der Waals surface area contributed by atoms with E-state index in [9.17, 15) is 0 Å². The van der Waals surface area contributed by atoms with Crippen molar-refractivity contribution in [3.8, 4) is 0 Å². The van der Waals surface area contributed by atoms with Crippen LogP contribution in [0.3, 0.4) is 0 Å². The van der Waals surface area contributed by atoms with Gasteiger partial charge in [-0.25, -0.2) is 0 Å². The summed E-state index contributed by atoms with van der Waals surface area (Å²) in [6.45, 7) is 6.50. The van der Waals surface area contributed by atoms with E-state index in [4.69, 9.17) is 10.0 Å². The molecule has 0 fully saturated rings. The predicted octanol–water partition coefficient (Wildman–Crippen LogP) is 1.82. The molecule has 17 heavy (non-hydrogen) atoms. The third kappa shape index (κ3) is 2.51. The molecular formula is C14H17BO2. The average Bonchev–Trinajstić information content (AvgIpc) is 2.26. The van der Waals surface area contributed by atoms with Gasteiger partial charge in [0.1, 0.15) is 0 Å². The van der Waals surface area contributed by atoms with E-state index in [1.165, 1.54) is 5.56 Å². The van der Waals surface area contributed by atoms with Gasteiger partial charge in [-0.1, -0.05) is 57.2 Å². The van der Waals surface area contributed by atoms with Crippen molar-refractivity contribution in [1.82, 2.24) is 0 Å². The van der Waals surface area contributed by atoms with Gasteiger partial charge in [-0.3, -0.25) is 0 Å². The third-order valence-corrected chi connectivity index (χ3v) is 3.03. The van der Waals surface area contributed by atoms with E-state index in [0.717, 1.165) is 10.8 Å². The van der Waals surface area contributed by atoms with Gasteiger partial charge < -0.3 is 10.0 Å². The standard InChI is InChI=1S/C14H17BO2/c1-14(2,3)12-6-4-10-5-7-13(15(16)17)9-11(10)8-12/h4-9,16-17H,1-3H3. The fourth-order valence-electron chi connectivity index (χ4n) is 1.89. The largest absolute Gasteiger partial charge is 0.488 e. The van der Waals surface area contributed by atoms with Gasteiger partial charge in [-0.2, -0.15) is 0 Å². The SMILES string of the molecule is CC(C)(C)c1ccc2ccc(B(O)O)cc2c1. The van der Waals surface area contributed by atoms with Crippen molar-refractivity contribution in [3.63, 3.8) is 0 Å². The molecule has 2 rings (SSSR count). The van der Waals surface area contributed by atoms with Crippen molar-refractivity contribution in [3.05, 3.63) is 42.0 Å². The normalized spacial score (nSPS) is 11.8. The monoisotopic (exact) mass is 228 g/mol. The van der Waals surface area contributed by atoms with Gasteiger partial charge >= 0.3 is 7.12 Å². The Morgan fingerprint density at radius 2 is 1.53 bits per heavy atom. The molecule has 0 atom stereocenters. The Labute approximate surface area is 102 Å². The zero-order valence-electron chi connectivity index (χ0n) is 10.4. The molecule has 0 unspecified atom stereocenters. The lowest BCUT2D eigenvalue weighted by molar-refractivity contribution is 0.426. The van der Waals surface area contributed by atoms with E-state index in [1.54, 1.807) is 6.07 Å². The summed E-state index contributed by atoms with van der Waals surface area (Å²) in [6.07, 6.45) is 0. The molecule has 0 heterocycles. The van der Waals surface area contributed by atoms with Crippen molar-refractivity contribution < 1.29 is 10.0 Å². The molecule has 2 N–H and O–H groups in total. The zero-order chi connectivity index (χ0) is 12.6. The van der Waals surface area contributed by atoms with Crippen LogP contribution in [0.2, 0.25) is 0 Å². The summed E-state index contributed by atoms with van der Waals surface area (Å²) < 4.78 is 0. The van der Waals surface area contributed by atoms with E-state index in [1.807, 2.05) is 12.1 Å². The summed E-state index contributed by atoms with van der Waals surface area (Å²) in [5, 5.41) is 20.5. The first-order valence-corrected chi connectivity index (χ1v) is 5.78. The Morgan fingerprint density at radius 3 is 2.12 bits per heavy atom. The van der Waals surface area contributed by atoms with Crippen molar-refractivity contribution in [2.75, 3.05) is 0 Å². The first kappa shape index (κ1) is 12.2. The van der Waals surface area contributed by atoms with Crippen LogP contribution in [0.1, 0.15) is 26.3 Å². The summed E-state index contributed by atoms with van der Waals surface area (Å²) in [6, 6.07) is 11.8. The number of fused-ring (bicyclic) bond motifs is 1. The third-order valence-electron chi connectivity index (χ3n) is 3.03. The van der Waals surface area contributed by atoms with Crippen LogP contribution in [0.25, 0.3) is 10.8 Å². The zero-order valence-corrected chi connectivity index (χ0v) is 10.4. The fraction of sp³-hybridized carbons (Fsp3) is 0.286. The van der Waals surface area contributed by atoms with Crippen LogP contribution in [0, 0.1) is 0 Å². The molecule has 0 radical (unpaired) electrons. The van der Waals surface area contributed by atoms with Crippen molar-refractivity contribution in [2.45, 2.75) is 26.2 Å². The van der Waals surface area contributed by atoms with E-state index in [2.05, 4.69) is 39.0 Å². The summed E-state index contributed by atoms with van der Waals surface area (Å²) in [7, 11) is -1.40. The van der Waals surface area contributed by atoms with Crippen LogP contribution < -0.4 is 5.46 Å². The van der Waals surface area contributed by atoms with Crippen LogP contribution >= 0.6 is 0 Å². The Kier molecular flexibility index (Phi) is 2.98. The summed E-state index contributed by atoms with van der Waals surface area (Å²) in [4.78, 5) is 0. The molecule has 2 nitrogen and oxygen atoms in total. The molecule has 0 aliphatic carbocycles. The minimum atomic E-state index is -1.40.